The molecule has 2 fully saturated rings. The molecule has 1 aromatic rings. The van der Waals surface area contributed by atoms with Gasteiger partial charge in [0.25, 0.3) is 0 Å². The van der Waals surface area contributed by atoms with Crippen molar-refractivity contribution in [1.29, 1.82) is 0 Å². The number of hydrogen-bond donors (Lipinski definition) is 1. The predicted octanol–water partition coefficient (Wildman–Crippen LogP) is 3.03. The summed E-state index contributed by atoms with van der Waals surface area (Å²) in [5, 5.41) is 3.47. The molecule has 92 valence electrons. The van der Waals surface area contributed by atoms with Crippen LogP contribution in [0.4, 0.5) is 4.39 Å². The van der Waals surface area contributed by atoms with E-state index in [9.17, 15) is 4.39 Å². The molecule has 0 radical (unpaired) electrons. The fourth-order valence-corrected chi connectivity index (χ4v) is 4.86. The summed E-state index contributed by atoms with van der Waals surface area (Å²) in [6, 6.07) is 7.19. The highest BCUT2D eigenvalue weighted by atomic mass is 32.2. The van der Waals surface area contributed by atoms with Crippen molar-refractivity contribution in [3.8, 4) is 0 Å². The molecular weight excluding hydrogens is 233 g/mol. The third-order valence-corrected chi connectivity index (χ3v) is 5.54. The van der Waals surface area contributed by atoms with Crippen molar-refractivity contribution in [1.82, 2.24) is 5.32 Å². The first-order valence-corrected chi connectivity index (χ1v) is 7.50. The molecule has 0 saturated carbocycles. The van der Waals surface area contributed by atoms with Crippen LogP contribution in [0.25, 0.3) is 0 Å². The summed E-state index contributed by atoms with van der Waals surface area (Å²) in [4.78, 5) is 0. The summed E-state index contributed by atoms with van der Waals surface area (Å²) in [6.07, 6.45) is 2.53. The van der Waals surface area contributed by atoms with E-state index < -0.39 is 0 Å². The lowest BCUT2D eigenvalue weighted by Gasteiger charge is -2.41. The van der Waals surface area contributed by atoms with Gasteiger partial charge in [0.1, 0.15) is 5.82 Å². The van der Waals surface area contributed by atoms with Crippen LogP contribution in [0, 0.1) is 11.2 Å². The van der Waals surface area contributed by atoms with Gasteiger partial charge in [0.15, 0.2) is 0 Å². The Hall–Kier alpha value is -0.540. The van der Waals surface area contributed by atoms with Gasteiger partial charge in [0.05, 0.1) is 0 Å². The second-order valence-corrected chi connectivity index (χ2v) is 6.33. The van der Waals surface area contributed by atoms with Crippen molar-refractivity contribution in [3.63, 3.8) is 0 Å². The van der Waals surface area contributed by atoms with Gasteiger partial charge in [-0.15, -0.1) is 0 Å². The van der Waals surface area contributed by atoms with Crippen LogP contribution in [-0.2, 0) is 0 Å². The van der Waals surface area contributed by atoms with Gasteiger partial charge in [-0.05, 0) is 54.0 Å². The fraction of sp³-hybridized carbons (Fsp3) is 0.571. The zero-order chi connectivity index (χ0) is 11.7. The molecule has 2 saturated heterocycles. The molecule has 17 heavy (non-hydrogen) atoms. The van der Waals surface area contributed by atoms with E-state index in [-0.39, 0.29) is 5.82 Å². The van der Waals surface area contributed by atoms with Gasteiger partial charge in [0, 0.05) is 12.5 Å². The molecule has 1 spiro atoms. The quantitative estimate of drug-likeness (QED) is 0.823. The highest BCUT2D eigenvalue weighted by molar-refractivity contribution is 7.99. The Bertz CT molecular complexity index is 401. The Morgan fingerprint density at radius 1 is 1.35 bits per heavy atom. The van der Waals surface area contributed by atoms with Crippen LogP contribution in [0.5, 0.6) is 0 Å². The van der Waals surface area contributed by atoms with Crippen molar-refractivity contribution in [2.75, 3.05) is 24.6 Å². The fourth-order valence-electron chi connectivity index (χ4n) is 3.26. The summed E-state index contributed by atoms with van der Waals surface area (Å²) in [5.74, 6) is 2.90. The molecule has 1 N–H and O–H groups in total. The molecule has 2 unspecified atom stereocenters. The van der Waals surface area contributed by atoms with Crippen LogP contribution in [0.3, 0.4) is 0 Å². The Morgan fingerprint density at radius 3 is 3.06 bits per heavy atom. The van der Waals surface area contributed by atoms with Crippen LogP contribution in [0.15, 0.2) is 24.3 Å². The molecule has 0 bridgehead atoms. The number of thioether (sulfide) groups is 1. The van der Waals surface area contributed by atoms with Gasteiger partial charge in [0.2, 0.25) is 0 Å². The minimum atomic E-state index is -0.103. The average molecular weight is 251 g/mol. The predicted molar refractivity (Wildman–Crippen MR) is 71.0 cm³/mol. The van der Waals surface area contributed by atoms with Gasteiger partial charge in [-0.1, -0.05) is 12.1 Å². The minimum absolute atomic E-state index is 0.103. The maximum Gasteiger partial charge on any atom is 0.123 e. The maximum absolute atomic E-state index is 13.4. The van der Waals surface area contributed by atoms with Crippen molar-refractivity contribution in [2.45, 2.75) is 18.8 Å². The second kappa shape index (κ2) is 4.62. The van der Waals surface area contributed by atoms with Crippen molar-refractivity contribution in [3.05, 3.63) is 35.6 Å². The van der Waals surface area contributed by atoms with Crippen molar-refractivity contribution < 1.29 is 4.39 Å². The van der Waals surface area contributed by atoms with Crippen molar-refractivity contribution >= 4 is 11.8 Å². The first-order valence-electron chi connectivity index (χ1n) is 6.34. The molecule has 2 aliphatic heterocycles. The molecular formula is C14H18FNS. The lowest BCUT2D eigenvalue weighted by Crippen LogP contribution is -2.43. The zero-order valence-electron chi connectivity index (χ0n) is 9.92. The molecule has 1 nitrogen and oxygen atoms in total. The molecule has 2 atom stereocenters. The van der Waals surface area contributed by atoms with Crippen LogP contribution in [0.1, 0.15) is 24.3 Å². The second-order valence-electron chi connectivity index (χ2n) is 5.23. The topological polar surface area (TPSA) is 12.0 Å². The lowest BCUT2D eigenvalue weighted by molar-refractivity contribution is 0.196. The van der Waals surface area contributed by atoms with Gasteiger partial charge >= 0.3 is 0 Å². The van der Waals surface area contributed by atoms with E-state index in [1.807, 2.05) is 6.07 Å². The Labute approximate surface area is 106 Å². The molecule has 0 aliphatic carbocycles. The SMILES string of the molecule is Fc1cccc(C2CNCCC23CCSC3)c1. The number of halogens is 1. The zero-order valence-corrected chi connectivity index (χ0v) is 10.7. The standard InChI is InChI=1S/C14H18FNS/c15-12-3-1-2-11(8-12)13-9-16-6-4-14(13)5-7-17-10-14/h1-3,8,13,16H,4-7,9-10H2. The number of rotatable bonds is 1. The third-order valence-electron chi connectivity index (χ3n) is 4.27. The van der Waals surface area contributed by atoms with E-state index in [1.54, 1.807) is 6.07 Å². The molecule has 0 amide bonds. The normalized spacial score (nSPS) is 33.1. The Morgan fingerprint density at radius 2 is 2.29 bits per heavy atom. The van der Waals surface area contributed by atoms with Gasteiger partial charge < -0.3 is 5.32 Å². The van der Waals surface area contributed by atoms with Gasteiger partial charge in [-0.2, -0.15) is 11.8 Å². The average Bonchev–Trinajstić information content (AvgIpc) is 2.79. The first kappa shape index (κ1) is 11.5. The van der Waals surface area contributed by atoms with Crippen LogP contribution < -0.4 is 5.32 Å². The van der Waals surface area contributed by atoms with Crippen LogP contribution in [0.2, 0.25) is 0 Å². The van der Waals surface area contributed by atoms with Crippen molar-refractivity contribution in [2.24, 2.45) is 5.41 Å². The summed E-state index contributed by atoms with van der Waals surface area (Å²) in [6.45, 7) is 2.12. The summed E-state index contributed by atoms with van der Waals surface area (Å²) < 4.78 is 13.4. The maximum atomic E-state index is 13.4. The highest BCUT2D eigenvalue weighted by Gasteiger charge is 2.43. The molecule has 3 rings (SSSR count). The highest BCUT2D eigenvalue weighted by Crippen LogP contribution is 2.50. The summed E-state index contributed by atoms with van der Waals surface area (Å²) in [5.41, 5.74) is 1.60. The lowest BCUT2D eigenvalue weighted by atomic mass is 9.67. The molecule has 3 heteroatoms. The van der Waals surface area contributed by atoms with E-state index in [1.165, 1.54) is 36.0 Å². The number of hydrogen-bond acceptors (Lipinski definition) is 2. The van der Waals surface area contributed by atoms with Gasteiger partial charge in [-0.25, -0.2) is 4.39 Å². The molecule has 2 aliphatic rings. The number of piperidine rings is 1. The van der Waals surface area contributed by atoms with E-state index in [0.29, 0.717) is 11.3 Å². The van der Waals surface area contributed by atoms with E-state index in [2.05, 4.69) is 23.1 Å². The molecule has 2 heterocycles. The summed E-state index contributed by atoms with van der Waals surface area (Å²) >= 11 is 2.06. The number of benzene rings is 1. The summed E-state index contributed by atoms with van der Waals surface area (Å²) in [7, 11) is 0. The van der Waals surface area contributed by atoms with Crippen LogP contribution in [-0.4, -0.2) is 24.6 Å². The molecule has 0 aromatic heterocycles. The largest absolute Gasteiger partial charge is 0.316 e. The first-order chi connectivity index (χ1) is 8.30. The van der Waals surface area contributed by atoms with Crippen LogP contribution >= 0.6 is 11.8 Å². The molecule has 1 aromatic carbocycles. The van der Waals surface area contributed by atoms with Gasteiger partial charge in [-0.3, -0.25) is 0 Å². The smallest absolute Gasteiger partial charge is 0.123 e. The third kappa shape index (κ3) is 2.11. The monoisotopic (exact) mass is 251 g/mol. The Kier molecular flexibility index (Phi) is 3.14. The Balaban J connectivity index is 1.93. The van der Waals surface area contributed by atoms with E-state index in [4.69, 9.17) is 0 Å². The minimum Gasteiger partial charge on any atom is -0.316 e. The van der Waals surface area contributed by atoms with E-state index in [0.717, 1.165) is 13.1 Å². The number of nitrogens with one attached hydrogen (secondary N) is 1. The van der Waals surface area contributed by atoms with E-state index >= 15 is 0 Å².